The minimum absolute atomic E-state index is 0.214. The van der Waals surface area contributed by atoms with E-state index in [9.17, 15) is 18.3 Å². The van der Waals surface area contributed by atoms with Crippen molar-refractivity contribution in [3.63, 3.8) is 0 Å². The Morgan fingerprint density at radius 1 is 1.15 bits per heavy atom. The predicted molar refractivity (Wildman–Crippen MR) is 71.5 cm³/mol. The lowest BCUT2D eigenvalue weighted by atomic mass is 9.79. The van der Waals surface area contributed by atoms with Crippen molar-refractivity contribution in [2.24, 2.45) is 0 Å². The molecule has 1 aromatic carbocycles. The molecule has 0 radical (unpaired) electrons. The molecular formula is C14H14F3NOS. The molecule has 1 heterocycles. The Morgan fingerprint density at radius 3 is 2.25 bits per heavy atom. The van der Waals surface area contributed by atoms with E-state index in [1.165, 1.54) is 0 Å². The summed E-state index contributed by atoms with van der Waals surface area (Å²) in [6, 6.07) is 9.19. The predicted octanol–water partition coefficient (Wildman–Crippen LogP) is 4.17. The second-order valence-electron chi connectivity index (χ2n) is 5.06. The maximum Gasteiger partial charge on any atom is 0.443 e. The van der Waals surface area contributed by atoms with Gasteiger partial charge in [-0.1, -0.05) is 44.2 Å². The van der Waals surface area contributed by atoms with Crippen molar-refractivity contribution in [3.8, 4) is 0 Å². The normalized spacial score (nSPS) is 14.3. The molecule has 2 aromatic rings. The van der Waals surface area contributed by atoms with Crippen LogP contribution in [0.5, 0.6) is 0 Å². The lowest BCUT2D eigenvalue weighted by molar-refractivity contribution is -0.137. The average molecular weight is 301 g/mol. The average Bonchev–Trinajstić information content (AvgIpc) is 2.88. The van der Waals surface area contributed by atoms with Crippen LogP contribution in [0.4, 0.5) is 13.2 Å². The standard InChI is InChI=1S/C14H14F3NOS/c1-13(2,9-6-4-3-5-7-9)11(19)10-8-18-12(20-10)14(15,16)17/h3-8,11,19H,1-2H3. The van der Waals surface area contributed by atoms with Crippen LogP contribution in [0.2, 0.25) is 0 Å². The van der Waals surface area contributed by atoms with Crippen LogP contribution >= 0.6 is 11.3 Å². The highest BCUT2D eigenvalue weighted by Crippen LogP contribution is 2.41. The summed E-state index contributed by atoms with van der Waals surface area (Å²) >= 11 is 0.483. The molecule has 6 heteroatoms. The summed E-state index contributed by atoms with van der Waals surface area (Å²) in [5, 5.41) is 9.45. The summed E-state index contributed by atoms with van der Waals surface area (Å²) < 4.78 is 37.7. The number of nitrogens with zero attached hydrogens (tertiary/aromatic N) is 1. The molecule has 2 rings (SSSR count). The molecule has 0 amide bonds. The largest absolute Gasteiger partial charge is 0.443 e. The van der Waals surface area contributed by atoms with Gasteiger partial charge in [0.2, 0.25) is 0 Å². The zero-order valence-electron chi connectivity index (χ0n) is 11.0. The van der Waals surface area contributed by atoms with Crippen molar-refractivity contribution in [1.29, 1.82) is 0 Å². The number of aliphatic hydroxyl groups is 1. The smallest absolute Gasteiger partial charge is 0.387 e. The Labute approximate surface area is 118 Å². The highest BCUT2D eigenvalue weighted by molar-refractivity contribution is 7.11. The van der Waals surface area contributed by atoms with Gasteiger partial charge >= 0.3 is 6.18 Å². The summed E-state index contributed by atoms with van der Waals surface area (Å²) in [5.74, 6) is 0. The molecule has 0 saturated heterocycles. The number of aromatic nitrogens is 1. The molecule has 1 unspecified atom stereocenters. The molecule has 1 N–H and O–H groups in total. The maximum absolute atomic E-state index is 12.6. The third kappa shape index (κ3) is 2.86. The Morgan fingerprint density at radius 2 is 1.75 bits per heavy atom. The second-order valence-corrected chi connectivity index (χ2v) is 6.12. The van der Waals surface area contributed by atoms with Crippen LogP contribution in [0.1, 0.15) is 35.4 Å². The molecule has 0 aliphatic carbocycles. The van der Waals surface area contributed by atoms with Gasteiger partial charge in [0.1, 0.15) is 0 Å². The van der Waals surface area contributed by atoms with E-state index in [1.54, 1.807) is 13.8 Å². The van der Waals surface area contributed by atoms with Gasteiger partial charge in [-0.3, -0.25) is 0 Å². The summed E-state index contributed by atoms with van der Waals surface area (Å²) in [5.41, 5.74) is 0.158. The monoisotopic (exact) mass is 301 g/mol. The number of alkyl halides is 3. The van der Waals surface area contributed by atoms with E-state index in [0.29, 0.717) is 11.3 Å². The number of thiazole rings is 1. The molecule has 1 aromatic heterocycles. The first-order chi connectivity index (χ1) is 9.23. The van der Waals surface area contributed by atoms with Gasteiger partial charge in [-0.05, 0) is 5.56 Å². The number of rotatable bonds is 3. The fourth-order valence-corrected chi connectivity index (χ4v) is 2.88. The first-order valence-corrected chi connectivity index (χ1v) is 6.81. The number of aliphatic hydroxyl groups excluding tert-OH is 1. The van der Waals surface area contributed by atoms with Crippen LogP contribution in [0, 0.1) is 0 Å². The molecule has 0 aliphatic rings. The fraction of sp³-hybridized carbons (Fsp3) is 0.357. The van der Waals surface area contributed by atoms with Crippen molar-refractivity contribution in [1.82, 2.24) is 4.98 Å². The number of halogens is 3. The first-order valence-electron chi connectivity index (χ1n) is 5.99. The number of benzene rings is 1. The summed E-state index contributed by atoms with van der Waals surface area (Å²) in [6.07, 6.45) is -4.42. The quantitative estimate of drug-likeness (QED) is 0.923. The Hall–Kier alpha value is -1.40. The van der Waals surface area contributed by atoms with Crippen molar-refractivity contribution >= 4 is 11.3 Å². The van der Waals surface area contributed by atoms with Gasteiger partial charge in [-0.25, -0.2) is 4.98 Å². The molecule has 2 nitrogen and oxygen atoms in total. The molecule has 20 heavy (non-hydrogen) atoms. The molecular weight excluding hydrogens is 287 g/mol. The topological polar surface area (TPSA) is 33.1 Å². The van der Waals surface area contributed by atoms with E-state index < -0.39 is 22.7 Å². The summed E-state index contributed by atoms with van der Waals surface area (Å²) in [7, 11) is 0. The van der Waals surface area contributed by atoms with E-state index in [1.807, 2.05) is 30.3 Å². The van der Waals surface area contributed by atoms with Gasteiger partial charge in [0.15, 0.2) is 5.01 Å². The van der Waals surface area contributed by atoms with Crippen molar-refractivity contribution < 1.29 is 18.3 Å². The third-order valence-electron chi connectivity index (χ3n) is 3.24. The SMILES string of the molecule is CC(C)(c1ccccc1)C(O)c1cnc(C(F)(F)F)s1. The van der Waals surface area contributed by atoms with E-state index >= 15 is 0 Å². The van der Waals surface area contributed by atoms with Gasteiger partial charge in [-0.2, -0.15) is 13.2 Å². The maximum atomic E-state index is 12.6. The highest BCUT2D eigenvalue weighted by Gasteiger charge is 2.38. The molecule has 0 bridgehead atoms. The van der Waals surface area contributed by atoms with E-state index in [-0.39, 0.29) is 4.88 Å². The van der Waals surface area contributed by atoms with E-state index in [2.05, 4.69) is 4.98 Å². The summed E-state index contributed by atoms with van der Waals surface area (Å²) in [6.45, 7) is 3.58. The highest BCUT2D eigenvalue weighted by atomic mass is 32.1. The van der Waals surface area contributed by atoms with Crippen molar-refractivity contribution in [3.05, 3.63) is 52.0 Å². The van der Waals surface area contributed by atoms with Crippen LogP contribution in [0.3, 0.4) is 0 Å². The lowest BCUT2D eigenvalue weighted by Gasteiger charge is -2.30. The van der Waals surface area contributed by atoms with Gasteiger partial charge < -0.3 is 5.11 Å². The fourth-order valence-electron chi connectivity index (χ4n) is 1.93. The van der Waals surface area contributed by atoms with Crippen LogP contribution in [0.15, 0.2) is 36.5 Å². The molecule has 0 aliphatic heterocycles. The molecule has 0 spiro atoms. The third-order valence-corrected chi connectivity index (χ3v) is 4.33. The van der Waals surface area contributed by atoms with E-state index in [4.69, 9.17) is 0 Å². The van der Waals surface area contributed by atoms with Gasteiger partial charge in [0, 0.05) is 11.6 Å². The number of hydrogen-bond donors (Lipinski definition) is 1. The van der Waals surface area contributed by atoms with E-state index in [0.717, 1.165) is 11.8 Å². The van der Waals surface area contributed by atoms with Gasteiger partial charge in [0.25, 0.3) is 0 Å². The van der Waals surface area contributed by atoms with Crippen molar-refractivity contribution in [2.75, 3.05) is 0 Å². The molecule has 0 saturated carbocycles. The van der Waals surface area contributed by atoms with Gasteiger partial charge in [-0.15, -0.1) is 11.3 Å². The Bertz CT molecular complexity index is 578. The Kier molecular flexibility index (Phi) is 3.88. The van der Waals surface area contributed by atoms with Crippen molar-refractivity contribution in [2.45, 2.75) is 31.5 Å². The zero-order valence-corrected chi connectivity index (χ0v) is 11.8. The Balaban J connectivity index is 2.31. The van der Waals surface area contributed by atoms with Gasteiger partial charge in [0.05, 0.1) is 11.0 Å². The first kappa shape index (κ1) is 15.0. The minimum atomic E-state index is -4.47. The van der Waals surface area contributed by atoms with Crippen LogP contribution < -0.4 is 0 Å². The summed E-state index contributed by atoms with van der Waals surface area (Å²) in [4.78, 5) is 3.56. The number of hydrogen-bond acceptors (Lipinski definition) is 3. The van der Waals surface area contributed by atoms with Crippen LogP contribution in [-0.2, 0) is 11.6 Å². The van der Waals surface area contributed by atoms with Crippen LogP contribution in [0.25, 0.3) is 0 Å². The second kappa shape index (κ2) is 5.18. The zero-order chi connectivity index (χ0) is 15.0. The molecule has 0 fully saturated rings. The minimum Gasteiger partial charge on any atom is -0.387 e. The van der Waals surface area contributed by atoms with Crippen LogP contribution in [-0.4, -0.2) is 10.1 Å². The molecule has 1 atom stereocenters. The molecule has 108 valence electrons. The lowest BCUT2D eigenvalue weighted by Crippen LogP contribution is -2.26.